The largest absolute Gasteiger partial charge is 0.311 e. The molecular formula is C14H20BrCl2N. The fraction of sp³-hybridized carbons (Fsp3) is 0.571. The Labute approximate surface area is 128 Å². The molecule has 0 radical (unpaired) electrons. The first-order chi connectivity index (χ1) is 8.58. The van der Waals surface area contributed by atoms with Gasteiger partial charge in [0.15, 0.2) is 0 Å². The summed E-state index contributed by atoms with van der Waals surface area (Å²) in [7, 11) is 0. The highest BCUT2D eigenvalue weighted by Crippen LogP contribution is 2.22. The zero-order valence-corrected chi connectivity index (χ0v) is 13.9. The van der Waals surface area contributed by atoms with Gasteiger partial charge in [-0.2, -0.15) is 0 Å². The van der Waals surface area contributed by atoms with Crippen LogP contribution in [0.5, 0.6) is 0 Å². The zero-order chi connectivity index (χ0) is 13.5. The van der Waals surface area contributed by atoms with Gasteiger partial charge in [0.1, 0.15) is 0 Å². The molecular weight excluding hydrogens is 333 g/mol. The van der Waals surface area contributed by atoms with Crippen molar-refractivity contribution in [1.82, 2.24) is 5.32 Å². The van der Waals surface area contributed by atoms with Crippen molar-refractivity contribution in [3.05, 3.63) is 33.3 Å². The van der Waals surface area contributed by atoms with Gasteiger partial charge in [-0.05, 0) is 23.6 Å². The van der Waals surface area contributed by atoms with E-state index in [2.05, 4.69) is 35.1 Å². The van der Waals surface area contributed by atoms with Gasteiger partial charge in [-0.15, -0.1) is 11.6 Å². The quantitative estimate of drug-likeness (QED) is 0.662. The van der Waals surface area contributed by atoms with Crippen LogP contribution in [-0.4, -0.2) is 11.9 Å². The van der Waals surface area contributed by atoms with Crippen molar-refractivity contribution < 1.29 is 0 Å². The predicted molar refractivity (Wildman–Crippen MR) is 84.6 cm³/mol. The molecule has 0 saturated carbocycles. The van der Waals surface area contributed by atoms with Gasteiger partial charge in [0, 0.05) is 28.0 Å². The van der Waals surface area contributed by atoms with E-state index in [1.807, 2.05) is 18.2 Å². The molecule has 1 N–H and O–H groups in total. The van der Waals surface area contributed by atoms with Crippen LogP contribution in [0.3, 0.4) is 0 Å². The van der Waals surface area contributed by atoms with Crippen LogP contribution in [0.4, 0.5) is 0 Å². The zero-order valence-electron chi connectivity index (χ0n) is 10.8. The molecule has 1 atom stereocenters. The Bertz CT molecular complexity index is 367. The molecule has 0 heterocycles. The third-order valence-corrected chi connectivity index (χ3v) is 4.59. The van der Waals surface area contributed by atoms with Gasteiger partial charge < -0.3 is 5.32 Å². The van der Waals surface area contributed by atoms with Crippen molar-refractivity contribution in [2.24, 2.45) is 5.92 Å². The van der Waals surface area contributed by atoms with Crippen molar-refractivity contribution in [2.75, 3.05) is 6.54 Å². The minimum atomic E-state index is 0.189. The van der Waals surface area contributed by atoms with E-state index in [1.165, 1.54) is 0 Å². The maximum absolute atomic E-state index is 6.38. The number of nitrogens with one attached hydrogen (secondary N) is 1. The van der Waals surface area contributed by atoms with Gasteiger partial charge in [0.25, 0.3) is 0 Å². The second-order valence-corrected chi connectivity index (χ2v) is 6.34. The number of benzene rings is 1. The maximum atomic E-state index is 6.38. The summed E-state index contributed by atoms with van der Waals surface area (Å²) in [5.74, 6) is 0.583. The molecule has 0 aliphatic carbocycles. The van der Waals surface area contributed by atoms with Gasteiger partial charge in [-0.1, -0.05) is 60.3 Å². The van der Waals surface area contributed by atoms with E-state index in [-0.39, 0.29) is 5.38 Å². The van der Waals surface area contributed by atoms with Crippen molar-refractivity contribution in [3.8, 4) is 0 Å². The molecule has 0 amide bonds. The third kappa shape index (κ3) is 5.08. The van der Waals surface area contributed by atoms with Crippen LogP contribution in [0.15, 0.2) is 22.7 Å². The summed E-state index contributed by atoms with van der Waals surface area (Å²) in [6.07, 6.45) is 2.26. The van der Waals surface area contributed by atoms with Crippen LogP contribution in [0.2, 0.25) is 5.02 Å². The Kier molecular flexibility index (Phi) is 7.62. The molecule has 4 heteroatoms. The van der Waals surface area contributed by atoms with Crippen molar-refractivity contribution >= 4 is 39.1 Å². The third-order valence-electron chi connectivity index (χ3n) is 3.23. The minimum absolute atomic E-state index is 0.189. The average molecular weight is 353 g/mol. The molecule has 0 aliphatic rings. The van der Waals surface area contributed by atoms with Gasteiger partial charge in [-0.25, -0.2) is 0 Å². The fourth-order valence-electron chi connectivity index (χ4n) is 1.98. The molecule has 0 bridgehead atoms. The monoisotopic (exact) mass is 351 g/mol. The highest BCUT2D eigenvalue weighted by molar-refractivity contribution is 9.10. The SMILES string of the molecule is CCC(CC)C(Cl)CNCc1ccc(Br)cc1Cl. The molecule has 0 aliphatic heterocycles. The van der Waals surface area contributed by atoms with Crippen molar-refractivity contribution in [3.63, 3.8) is 0 Å². The Balaban J connectivity index is 2.41. The van der Waals surface area contributed by atoms with E-state index in [0.717, 1.165) is 41.0 Å². The van der Waals surface area contributed by atoms with Crippen LogP contribution in [0.25, 0.3) is 0 Å². The lowest BCUT2D eigenvalue weighted by Gasteiger charge is -2.19. The van der Waals surface area contributed by atoms with Crippen molar-refractivity contribution in [2.45, 2.75) is 38.6 Å². The summed E-state index contributed by atoms with van der Waals surface area (Å²) in [6, 6.07) is 5.94. The van der Waals surface area contributed by atoms with Gasteiger partial charge >= 0.3 is 0 Å². The summed E-state index contributed by atoms with van der Waals surface area (Å²) in [6.45, 7) is 5.96. The van der Waals surface area contributed by atoms with Crippen LogP contribution < -0.4 is 5.32 Å². The van der Waals surface area contributed by atoms with E-state index in [0.29, 0.717) is 5.92 Å². The highest BCUT2D eigenvalue weighted by atomic mass is 79.9. The van der Waals surface area contributed by atoms with Gasteiger partial charge in [0.2, 0.25) is 0 Å². The molecule has 102 valence electrons. The minimum Gasteiger partial charge on any atom is -0.311 e. The maximum Gasteiger partial charge on any atom is 0.0488 e. The normalized spacial score (nSPS) is 13.0. The van der Waals surface area contributed by atoms with Crippen LogP contribution in [0, 0.1) is 5.92 Å². The summed E-state index contributed by atoms with van der Waals surface area (Å²) in [4.78, 5) is 0. The van der Waals surface area contributed by atoms with E-state index >= 15 is 0 Å². The summed E-state index contributed by atoms with van der Waals surface area (Å²) < 4.78 is 1.00. The Hall–Kier alpha value is 0.240. The first kappa shape index (κ1) is 16.3. The number of hydrogen-bond donors (Lipinski definition) is 1. The smallest absolute Gasteiger partial charge is 0.0488 e. The lowest BCUT2D eigenvalue weighted by atomic mass is 9.99. The number of alkyl halides is 1. The lowest BCUT2D eigenvalue weighted by molar-refractivity contribution is 0.446. The average Bonchev–Trinajstić information content (AvgIpc) is 2.33. The number of rotatable bonds is 7. The molecule has 1 nitrogen and oxygen atoms in total. The topological polar surface area (TPSA) is 12.0 Å². The van der Waals surface area contributed by atoms with Crippen LogP contribution in [0.1, 0.15) is 32.3 Å². The van der Waals surface area contributed by atoms with E-state index in [9.17, 15) is 0 Å². The van der Waals surface area contributed by atoms with Crippen molar-refractivity contribution in [1.29, 1.82) is 0 Å². The standard InChI is InChI=1S/C14H20BrCl2N/c1-3-10(4-2)14(17)9-18-8-11-5-6-12(15)7-13(11)16/h5-7,10,14,18H,3-4,8-9H2,1-2H3. The highest BCUT2D eigenvalue weighted by Gasteiger charge is 2.15. The molecule has 0 saturated heterocycles. The first-order valence-corrected chi connectivity index (χ1v) is 7.97. The van der Waals surface area contributed by atoms with E-state index < -0.39 is 0 Å². The summed E-state index contributed by atoms with van der Waals surface area (Å²) >= 11 is 15.9. The summed E-state index contributed by atoms with van der Waals surface area (Å²) in [5, 5.41) is 4.35. The molecule has 18 heavy (non-hydrogen) atoms. The van der Waals surface area contributed by atoms with Gasteiger partial charge in [-0.3, -0.25) is 0 Å². The second kappa shape index (κ2) is 8.42. The van der Waals surface area contributed by atoms with Crippen LogP contribution >= 0.6 is 39.1 Å². The fourth-order valence-corrected chi connectivity index (χ4v) is 3.18. The first-order valence-electron chi connectivity index (χ1n) is 6.37. The Morgan fingerprint density at radius 3 is 2.50 bits per heavy atom. The molecule has 1 rings (SSSR count). The van der Waals surface area contributed by atoms with Crippen LogP contribution in [-0.2, 0) is 6.54 Å². The molecule has 0 fully saturated rings. The lowest BCUT2D eigenvalue weighted by Crippen LogP contribution is -2.28. The van der Waals surface area contributed by atoms with Gasteiger partial charge in [0.05, 0.1) is 0 Å². The molecule has 0 spiro atoms. The summed E-state index contributed by atoms with van der Waals surface area (Å²) in [5.41, 5.74) is 1.10. The number of hydrogen-bond acceptors (Lipinski definition) is 1. The van der Waals surface area contributed by atoms with E-state index in [4.69, 9.17) is 23.2 Å². The molecule has 0 aromatic heterocycles. The Morgan fingerprint density at radius 2 is 1.94 bits per heavy atom. The predicted octanol–water partition coefficient (Wildman–Crippen LogP) is 5.24. The second-order valence-electron chi connectivity index (χ2n) is 4.46. The molecule has 1 aromatic carbocycles. The Morgan fingerprint density at radius 1 is 1.28 bits per heavy atom. The molecule has 1 unspecified atom stereocenters. The molecule has 1 aromatic rings. The number of halogens is 3. The van der Waals surface area contributed by atoms with E-state index in [1.54, 1.807) is 0 Å².